The van der Waals surface area contributed by atoms with Gasteiger partial charge in [-0.05, 0) is 12.8 Å². The van der Waals surface area contributed by atoms with E-state index >= 15 is 0 Å². The Kier molecular flexibility index (Phi) is 4.03. The number of carboxylic acids is 1. The van der Waals surface area contributed by atoms with Crippen molar-refractivity contribution in [1.29, 1.82) is 0 Å². The van der Waals surface area contributed by atoms with Gasteiger partial charge >= 0.3 is 5.97 Å². The largest absolute Gasteiger partial charge is 0.480 e. The van der Waals surface area contributed by atoms with Crippen molar-refractivity contribution in [3.8, 4) is 0 Å². The summed E-state index contributed by atoms with van der Waals surface area (Å²) in [5.74, 6) is -4.62. The third-order valence-electron chi connectivity index (χ3n) is 3.76. The second-order valence-electron chi connectivity index (χ2n) is 5.09. The molecule has 1 heterocycles. The molecule has 0 aromatic carbocycles. The highest BCUT2D eigenvalue weighted by Gasteiger charge is 2.41. The standard InChI is InChI=1S/C12H17F2NO4/c13-12(14)3-1-8(2-4-12)10(16)15-5-6-19-7-9(15)11(17)18/h8-9H,1-7H2,(H,17,18)/t9-/m0/s1. The molecule has 1 amide bonds. The molecule has 0 unspecified atom stereocenters. The minimum Gasteiger partial charge on any atom is -0.480 e. The quantitative estimate of drug-likeness (QED) is 0.821. The number of amides is 1. The molecule has 1 saturated heterocycles. The first-order chi connectivity index (χ1) is 8.91. The first-order valence-corrected chi connectivity index (χ1v) is 6.39. The number of aliphatic carboxylic acids is 1. The van der Waals surface area contributed by atoms with E-state index in [1.165, 1.54) is 4.90 Å². The van der Waals surface area contributed by atoms with Crippen molar-refractivity contribution in [2.24, 2.45) is 5.92 Å². The first kappa shape index (κ1) is 14.2. The van der Waals surface area contributed by atoms with Crippen molar-refractivity contribution in [3.63, 3.8) is 0 Å². The molecule has 2 rings (SSSR count). The molecular weight excluding hydrogens is 260 g/mol. The van der Waals surface area contributed by atoms with Crippen LogP contribution in [0.3, 0.4) is 0 Å². The van der Waals surface area contributed by atoms with Crippen LogP contribution in [0.1, 0.15) is 25.7 Å². The van der Waals surface area contributed by atoms with Gasteiger partial charge in [0.05, 0.1) is 13.2 Å². The predicted molar refractivity (Wildman–Crippen MR) is 60.9 cm³/mol. The Morgan fingerprint density at radius 1 is 1.26 bits per heavy atom. The number of hydrogen-bond acceptors (Lipinski definition) is 3. The number of hydrogen-bond donors (Lipinski definition) is 1. The SMILES string of the molecule is O=C(O)[C@@H]1COCCN1C(=O)C1CCC(F)(F)CC1. The Labute approximate surface area is 109 Å². The van der Waals surface area contributed by atoms with E-state index in [-0.39, 0.29) is 44.7 Å². The maximum atomic E-state index is 13.0. The molecule has 19 heavy (non-hydrogen) atoms. The highest BCUT2D eigenvalue weighted by Crippen LogP contribution is 2.37. The number of rotatable bonds is 2. The van der Waals surface area contributed by atoms with Gasteiger partial charge in [0.25, 0.3) is 0 Å². The summed E-state index contributed by atoms with van der Waals surface area (Å²) < 4.78 is 31.1. The molecular formula is C12H17F2NO4. The van der Waals surface area contributed by atoms with Crippen molar-refractivity contribution >= 4 is 11.9 Å². The van der Waals surface area contributed by atoms with Crippen molar-refractivity contribution in [3.05, 3.63) is 0 Å². The lowest BCUT2D eigenvalue weighted by molar-refractivity contribution is -0.162. The van der Waals surface area contributed by atoms with E-state index in [0.717, 1.165) is 0 Å². The summed E-state index contributed by atoms with van der Waals surface area (Å²) in [5, 5.41) is 9.05. The lowest BCUT2D eigenvalue weighted by Crippen LogP contribution is -2.54. The molecule has 1 atom stereocenters. The second kappa shape index (κ2) is 5.40. The topological polar surface area (TPSA) is 66.8 Å². The Hall–Kier alpha value is -1.24. The minimum absolute atomic E-state index is 0.0377. The second-order valence-corrected chi connectivity index (χ2v) is 5.09. The van der Waals surface area contributed by atoms with Crippen LogP contribution in [0.15, 0.2) is 0 Å². The van der Waals surface area contributed by atoms with E-state index in [9.17, 15) is 18.4 Å². The smallest absolute Gasteiger partial charge is 0.328 e. The Morgan fingerprint density at radius 3 is 2.47 bits per heavy atom. The molecule has 108 valence electrons. The number of nitrogens with zero attached hydrogens (tertiary/aromatic N) is 1. The summed E-state index contributed by atoms with van der Waals surface area (Å²) >= 11 is 0. The van der Waals surface area contributed by atoms with Crippen LogP contribution in [0.5, 0.6) is 0 Å². The van der Waals surface area contributed by atoms with Gasteiger partial charge in [0.1, 0.15) is 0 Å². The number of halogens is 2. The molecule has 0 aromatic rings. The zero-order valence-corrected chi connectivity index (χ0v) is 10.5. The number of ether oxygens (including phenoxy) is 1. The van der Waals surface area contributed by atoms with Crippen LogP contribution in [0.2, 0.25) is 0 Å². The summed E-state index contributed by atoms with van der Waals surface area (Å²) in [6.07, 6.45) is -0.359. The lowest BCUT2D eigenvalue weighted by Gasteiger charge is -2.37. The van der Waals surface area contributed by atoms with Gasteiger partial charge < -0.3 is 14.7 Å². The fourth-order valence-electron chi connectivity index (χ4n) is 2.59. The molecule has 0 bridgehead atoms. The number of carboxylic acid groups (broad SMARTS) is 1. The summed E-state index contributed by atoms with van der Waals surface area (Å²) in [7, 11) is 0. The molecule has 1 saturated carbocycles. The summed E-state index contributed by atoms with van der Waals surface area (Å²) in [4.78, 5) is 24.6. The molecule has 0 aromatic heterocycles. The Morgan fingerprint density at radius 2 is 1.89 bits per heavy atom. The van der Waals surface area contributed by atoms with Crippen LogP contribution in [-0.4, -0.2) is 53.6 Å². The molecule has 1 aliphatic heterocycles. The number of carbonyl (C=O) groups is 2. The van der Waals surface area contributed by atoms with E-state index < -0.39 is 23.9 Å². The zero-order chi connectivity index (χ0) is 14.0. The lowest BCUT2D eigenvalue weighted by atomic mass is 9.85. The predicted octanol–water partition coefficient (Wildman–Crippen LogP) is 1.12. The van der Waals surface area contributed by atoms with E-state index in [1.54, 1.807) is 0 Å². The van der Waals surface area contributed by atoms with Crippen LogP contribution >= 0.6 is 0 Å². The fourth-order valence-corrected chi connectivity index (χ4v) is 2.59. The molecule has 2 aliphatic rings. The van der Waals surface area contributed by atoms with Gasteiger partial charge in [0.2, 0.25) is 11.8 Å². The number of morpholine rings is 1. The molecule has 1 aliphatic carbocycles. The van der Waals surface area contributed by atoms with Crippen molar-refractivity contribution in [2.75, 3.05) is 19.8 Å². The Balaban J connectivity index is 2.00. The molecule has 2 fully saturated rings. The van der Waals surface area contributed by atoms with Gasteiger partial charge in [-0.15, -0.1) is 0 Å². The maximum Gasteiger partial charge on any atom is 0.328 e. The van der Waals surface area contributed by atoms with E-state index in [0.29, 0.717) is 6.61 Å². The number of alkyl halides is 2. The van der Waals surface area contributed by atoms with Crippen molar-refractivity contribution in [1.82, 2.24) is 4.90 Å². The van der Waals surface area contributed by atoms with Crippen LogP contribution < -0.4 is 0 Å². The van der Waals surface area contributed by atoms with Crippen LogP contribution in [0, 0.1) is 5.92 Å². The third kappa shape index (κ3) is 3.20. The van der Waals surface area contributed by atoms with Crippen LogP contribution in [0.25, 0.3) is 0 Å². The van der Waals surface area contributed by atoms with Crippen LogP contribution in [0.4, 0.5) is 8.78 Å². The molecule has 7 heteroatoms. The fraction of sp³-hybridized carbons (Fsp3) is 0.833. The average molecular weight is 277 g/mol. The van der Waals surface area contributed by atoms with Crippen LogP contribution in [-0.2, 0) is 14.3 Å². The summed E-state index contributed by atoms with van der Waals surface area (Å²) in [6.45, 7) is 0.463. The molecule has 0 spiro atoms. The van der Waals surface area contributed by atoms with E-state index in [2.05, 4.69) is 0 Å². The monoisotopic (exact) mass is 277 g/mol. The van der Waals surface area contributed by atoms with Crippen molar-refractivity contribution < 1.29 is 28.2 Å². The van der Waals surface area contributed by atoms with Gasteiger partial charge in [-0.3, -0.25) is 4.79 Å². The summed E-state index contributed by atoms with van der Waals surface area (Å²) in [5.41, 5.74) is 0. The van der Waals surface area contributed by atoms with Gasteiger partial charge in [-0.1, -0.05) is 0 Å². The average Bonchev–Trinajstić information content (AvgIpc) is 2.38. The maximum absolute atomic E-state index is 13.0. The van der Waals surface area contributed by atoms with Gasteiger partial charge in [0.15, 0.2) is 6.04 Å². The van der Waals surface area contributed by atoms with Gasteiger partial charge in [0, 0.05) is 25.3 Å². The van der Waals surface area contributed by atoms with Gasteiger partial charge in [-0.2, -0.15) is 0 Å². The summed E-state index contributed by atoms with van der Waals surface area (Å²) in [6, 6.07) is -0.997. The number of carbonyl (C=O) groups excluding carboxylic acids is 1. The van der Waals surface area contributed by atoms with E-state index in [4.69, 9.17) is 9.84 Å². The molecule has 0 radical (unpaired) electrons. The highest BCUT2D eigenvalue weighted by molar-refractivity contribution is 5.85. The van der Waals surface area contributed by atoms with Gasteiger partial charge in [-0.25, -0.2) is 13.6 Å². The molecule has 5 nitrogen and oxygen atoms in total. The third-order valence-corrected chi connectivity index (χ3v) is 3.76. The Bertz CT molecular complexity index is 365. The normalized spacial score (nSPS) is 28.1. The molecule has 1 N–H and O–H groups in total. The zero-order valence-electron chi connectivity index (χ0n) is 10.5. The highest BCUT2D eigenvalue weighted by atomic mass is 19.3. The first-order valence-electron chi connectivity index (χ1n) is 6.39. The minimum atomic E-state index is -2.69. The van der Waals surface area contributed by atoms with E-state index in [1.807, 2.05) is 0 Å². The van der Waals surface area contributed by atoms with Crippen molar-refractivity contribution in [2.45, 2.75) is 37.6 Å².